The first-order chi connectivity index (χ1) is 10.0. The number of nitro groups is 1. The van der Waals surface area contributed by atoms with Crippen LogP contribution in [0, 0.1) is 17.0 Å². The van der Waals surface area contributed by atoms with Gasteiger partial charge in [-0.3, -0.25) is 19.8 Å². The summed E-state index contributed by atoms with van der Waals surface area (Å²) in [6.07, 6.45) is 1.88. The SMILES string of the molecule is Cc1cc([N+](=O)[O-])ccc1NC(=O)CN1CCC[C@H]1CO. The average Bonchev–Trinajstić information content (AvgIpc) is 2.87. The van der Waals surface area contributed by atoms with Crippen molar-refractivity contribution in [2.24, 2.45) is 0 Å². The minimum Gasteiger partial charge on any atom is -0.395 e. The van der Waals surface area contributed by atoms with Gasteiger partial charge in [0.1, 0.15) is 0 Å². The Hall–Kier alpha value is -1.99. The minimum atomic E-state index is -0.464. The van der Waals surface area contributed by atoms with Gasteiger partial charge in [0.05, 0.1) is 18.1 Å². The van der Waals surface area contributed by atoms with E-state index in [2.05, 4.69) is 5.32 Å². The highest BCUT2D eigenvalue weighted by Gasteiger charge is 2.25. The summed E-state index contributed by atoms with van der Waals surface area (Å²) in [7, 11) is 0. The quantitative estimate of drug-likeness (QED) is 0.630. The zero-order chi connectivity index (χ0) is 15.4. The molecular formula is C14H19N3O4. The molecule has 1 amide bonds. The van der Waals surface area contributed by atoms with Crippen molar-refractivity contribution in [3.63, 3.8) is 0 Å². The lowest BCUT2D eigenvalue weighted by atomic mass is 10.2. The van der Waals surface area contributed by atoms with E-state index in [1.165, 1.54) is 12.1 Å². The van der Waals surface area contributed by atoms with Gasteiger partial charge < -0.3 is 10.4 Å². The van der Waals surface area contributed by atoms with E-state index in [0.29, 0.717) is 11.3 Å². The van der Waals surface area contributed by atoms with E-state index in [-0.39, 0.29) is 30.8 Å². The first-order valence-corrected chi connectivity index (χ1v) is 6.91. The third kappa shape index (κ3) is 3.77. The van der Waals surface area contributed by atoms with Gasteiger partial charge in [-0.2, -0.15) is 0 Å². The van der Waals surface area contributed by atoms with Crippen molar-refractivity contribution in [1.82, 2.24) is 4.90 Å². The topological polar surface area (TPSA) is 95.7 Å². The highest BCUT2D eigenvalue weighted by molar-refractivity contribution is 5.93. The second kappa shape index (κ2) is 6.64. The number of non-ortho nitro benzene ring substituents is 1. The Morgan fingerprint density at radius 3 is 2.95 bits per heavy atom. The molecule has 1 saturated heterocycles. The molecule has 1 aromatic rings. The number of nitro benzene ring substituents is 1. The predicted octanol–water partition coefficient (Wildman–Crippen LogP) is 1.30. The molecule has 21 heavy (non-hydrogen) atoms. The van der Waals surface area contributed by atoms with Gasteiger partial charge in [0, 0.05) is 23.9 Å². The highest BCUT2D eigenvalue weighted by atomic mass is 16.6. The van der Waals surface area contributed by atoms with E-state index >= 15 is 0 Å². The molecular weight excluding hydrogens is 274 g/mol. The van der Waals surface area contributed by atoms with Gasteiger partial charge in [0.15, 0.2) is 0 Å². The lowest BCUT2D eigenvalue weighted by molar-refractivity contribution is -0.384. The number of amides is 1. The molecule has 0 spiro atoms. The number of carbonyl (C=O) groups excluding carboxylic acids is 1. The van der Waals surface area contributed by atoms with Crippen LogP contribution in [0.3, 0.4) is 0 Å². The van der Waals surface area contributed by atoms with Crippen LogP contribution in [0.4, 0.5) is 11.4 Å². The zero-order valence-electron chi connectivity index (χ0n) is 11.9. The van der Waals surface area contributed by atoms with Crippen LogP contribution < -0.4 is 5.32 Å². The number of carbonyl (C=O) groups is 1. The van der Waals surface area contributed by atoms with Gasteiger partial charge in [0.2, 0.25) is 5.91 Å². The summed E-state index contributed by atoms with van der Waals surface area (Å²) in [4.78, 5) is 24.2. The fourth-order valence-corrected chi connectivity index (χ4v) is 2.59. The number of nitrogens with one attached hydrogen (secondary N) is 1. The van der Waals surface area contributed by atoms with Crippen LogP contribution in [0.25, 0.3) is 0 Å². The van der Waals surface area contributed by atoms with Crippen LogP contribution in [0.5, 0.6) is 0 Å². The van der Waals surface area contributed by atoms with E-state index in [0.717, 1.165) is 19.4 Å². The number of hydrogen-bond acceptors (Lipinski definition) is 5. The number of likely N-dealkylation sites (tertiary alicyclic amines) is 1. The van der Waals surface area contributed by atoms with Gasteiger partial charge in [-0.05, 0) is 37.9 Å². The number of benzene rings is 1. The summed E-state index contributed by atoms with van der Waals surface area (Å²) in [6.45, 7) is 2.80. The maximum atomic E-state index is 12.0. The van der Waals surface area contributed by atoms with Crippen LogP contribution >= 0.6 is 0 Å². The Morgan fingerprint density at radius 2 is 2.33 bits per heavy atom. The maximum absolute atomic E-state index is 12.0. The average molecular weight is 293 g/mol. The molecule has 0 unspecified atom stereocenters. The van der Waals surface area contributed by atoms with Crippen molar-refractivity contribution in [1.29, 1.82) is 0 Å². The molecule has 1 aliphatic rings. The maximum Gasteiger partial charge on any atom is 0.269 e. The fourth-order valence-electron chi connectivity index (χ4n) is 2.59. The molecule has 1 heterocycles. The standard InChI is InChI=1S/C14H19N3O4/c1-10-7-11(17(20)21)4-5-13(10)15-14(19)8-16-6-2-3-12(16)9-18/h4-5,7,12,18H,2-3,6,8-9H2,1H3,(H,15,19)/t12-/m0/s1. The van der Waals surface area contributed by atoms with Crippen molar-refractivity contribution in [3.05, 3.63) is 33.9 Å². The Balaban J connectivity index is 1.98. The van der Waals surface area contributed by atoms with Crippen molar-refractivity contribution in [3.8, 4) is 0 Å². The van der Waals surface area contributed by atoms with E-state index < -0.39 is 4.92 Å². The van der Waals surface area contributed by atoms with Crippen molar-refractivity contribution >= 4 is 17.3 Å². The van der Waals surface area contributed by atoms with Crippen LogP contribution in [0.2, 0.25) is 0 Å². The number of aliphatic hydroxyl groups is 1. The summed E-state index contributed by atoms with van der Waals surface area (Å²) in [6, 6.07) is 4.39. The smallest absolute Gasteiger partial charge is 0.269 e. The molecule has 2 rings (SSSR count). The molecule has 0 aromatic heterocycles. The monoisotopic (exact) mass is 293 g/mol. The second-order valence-electron chi connectivity index (χ2n) is 5.25. The van der Waals surface area contributed by atoms with E-state index in [1.807, 2.05) is 4.90 Å². The van der Waals surface area contributed by atoms with Crippen molar-refractivity contribution in [2.45, 2.75) is 25.8 Å². The minimum absolute atomic E-state index is 0.00499. The molecule has 1 aromatic carbocycles. The van der Waals surface area contributed by atoms with E-state index in [9.17, 15) is 20.0 Å². The van der Waals surface area contributed by atoms with E-state index in [1.54, 1.807) is 13.0 Å². The first-order valence-electron chi connectivity index (χ1n) is 6.91. The molecule has 0 radical (unpaired) electrons. The number of aryl methyl sites for hydroxylation is 1. The second-order valence-corrected chi connectivity index (χ2v) is 5.25. The van der Waals surface area contributed by atoms with E-state index in [4.69, 9.17) is 0 Å². The first kappa shape index (κ1) is 15.4. The highest BCUT2D eigenvalue weighted by Crippen LogP contribution is 2.21. The summed E-state index contributed by atoms with van der Waals surface area (Å²) in [5, 5.41) is 22.7. The molecule has 0 saturated carbocycles. The third-order valence-electron chi connectivity index (χ3n) is 3.75. The number of hydrogen-bond donors (Lipinski definition) is 2. The Bertz CT molecular complexity index is 547. The van der Waals surface area contributed by atoms with Gasteiger partial charge in [0.25, 0.3) is 5.69 Å². The van der Waals surface area contributed by atoms with Crippen molar-refractivity contribution < 1.29 is 14.8 Å². The molecule has 7 nitrogen and oxygen atoms in total. The normalized spacial score (nSPS) is 18.7. The van der Waals surface area contributed by atoms with Crippen LogP contribution in [0.1, 0.15) is 18.4 Å². The summed E-state index contributed by atoms with van der Waals surface area (Å²) in [5.74, 6) is -0.174. The van der Waals surface area contributed by atoms with Crippen LogP contribution in [-0.4, -0.2) is 46.6 Å². The number of anilines is 1. The molecule has 2 N–H and O–H groups in total. The molecule has 114 valence electrons. The zero-order valence-corrected chi connectivity index (χ0v) is 11.9. The van der Waals surface area contributed by atoms with Crippen molar-refractivity contribution in [2.75, 3.05) is 25.0 Å². The molecule has 0 aliphatic carbocycles. The molecule has 1 atom stereocenters. The Labute approximate surface area is 122 Å². The predicted molar refractivity (Wildman–Crippen MR) is 78.1 cm³/mol. The Kier molecular flexibility index (Phi) is 4.87. The van der Waals surface area contributed by atoms with Crippen LogP contribution in [0.15, 0.2) is 18.2 Å². The van der Waals surface area contributed by atoms with Crippen LogP contribution in [-0.2, 0) is 4.79 Å². The fraction of sp³-hybridized carbons (Fsp3) is 0.500. The lowest BCUT2D eigenvalue weighted by Crippen LogP contribution is -2.38. The Morgan fingerprint density at radius 1 is 1.57 bits per heavy atom. The number of rotatable bonds is 5. The number of nitrogens with zero attached hydrogens (tertiary/aromatic N) is 2. The van der Waals surface area contributed by atoms with Gasteiger partial charge >= 0.3 is 0 Å². The molecule has 1 fully saturated rings. The van der Waals surface area contributed by atoms with Gasteiger partial charge in [-0.25, -0.2) is 0 Å². The van der Waals surface area contributed by atoms with Gasteiger partial charge in [-0.15, -0.1) is 0 Å². The largest absolute Gasteiger partial charge is 0.395 e. The lowest BCUT2D eigenvalue weighted by Gasteiger charge is -2.22. The number of aliphatic hydroxyl groups excluding tert-OH is 1. The molecule has 7 heteroatoms. The van der Waals surface area contributed by atoms with Gasteiger partial charge in [-0.1, -0.05) is 0 Å². The summed E-state index contributed by atoms with van der Waals surface area (Å²) < 4.78 is 0. The summed E-state index contributed by atoms with van der Waals surface area (Å²) in [5.41, 5.74) is 1.23. The molecule has 1 aliphatic heterocycles. The third-order valence-corrected chi connectivity index (χ3v) is 3.75. The summed E-state index contributed by atoms with van der Waals surface area (Å²) >= 11 is 0. The molecule has 0 bridgehead atoms.